The van der Waals surface area contributed by atoms with Gasteiger partial charge in [0.25, 0.3) is 0 Å². The minimum atomic E-state index is -0.294. The zero-order valence-corrected chi connectivity index (χ0v) is 17.5. The number of benzene rings is 2. The molecule has 5 nitrogen and oxygen atoms in total. The van der Waals surface area contributed by atoms with Crippen molar-refractivity contribution in [1.82, 2.24) is 5.32 Å². The van der Waals surface area contributed by atoms with Crippen molar-refractivity contribution in [3.8, 4) is 5.75 Å². The molecule has 1 aliphatic heterocycles. The van der Waals surface area contributed by atoms with Crippen LogP contribution in [0.2, 0.25) is 0 Å². The molecular weight excluding hydrogens is 376 g/mol. The van der Waals surface area contributed by atoms with Crippen LogP contribution in [0.25, 0.3) is 0 Å². The van der Waals surface area contributed by atoms with Crippen LogP contribution >= 0.6 is 12.4 Å². The summed E-state index contributed by atoms with van der Waals surface area (Å²) in [6, 6.07) is 13.8. The van der Waals surface area contributed by atoms with E-state index >= 15 is 0 Å². The average Bonchev–Trinajstić information content (AvgIpc) is 2.68. The van der Waals surface area contributed by atoms with Crippen LogP contribution in [0, 0.1) is 6.92 Å². The lowest BCUT2D eigenvalue weighted by Gasteiger charge is -2.22. The molecule has 0 spiro atoms. The van der Waals surface area contributed by atoms with E-state index in [0.717, 1.165) is 17.0 Å². The van der Waals surface area contributed by atoms with Gasteiger partial charge in [-0.3, -0.25) is 4.79 Å². The molecule has 1 unspecified atom stereocenters. The van der Waals surface area contributed by atoms with Crippen molar-refractivity contribution in [2.24, 2.45) is 0 Å². The predicted octanol–water partition coefficient (Wildman–Crippen LogP) is 4.05. The predicted molar refractivity (Wildman–Crippen MR) is 115 cm³/mol. The largest absolute Gasteiger partial charge is 0.489 e. The van der Waals surface area contributed by atoms with E-state index in [4.69, 9.17) is 9.47 Å². The Hall–Kier alpha value is -2.08. The van der Waals surface area contributed by atoms with Gasteiger partial charge < -0.3 is 20.1 Å². The van der Waals surface area contributed by atoms with E-state index < -0.39 is 0 Å². The van der Waals surface area contributed by atoms with Crippen molar-refractivity contribution < 1.29 is 14.3 Å². The Labute approximate surface area is 173 Å². The summed E-state index contributed by atoms with van der Waals surface area (Å²) in [5.41, 5.74) is 4.23. The number of anilines is 1. The minimum Gasteiger partial charge on any atom is -0.489 e. The number of rotatable bonds is 6. The third kappa shape index (κ3) is 5.96. The van der Waals surface area contributed by atoms with Gasteiger partial charge in [-0.15, -0.1) is 12.4 Å². The maximum atomic E-state index is 12.2. The number of carbonyl (C=O) groups is 1. The fourth-order valence-electron chi connectivity index (χ4n) is 3.05. The van der Waals surface area contributed by atoms with Gasteiger partial charge in [0.2, 0.25) is 5.91 Å². The lowest BCUT2D eigenvalue weighted by atomic mass is 10.0. The van der Waals surface area contributed by atoms with E-state index in [0.29, 0.717) is 32.3 Å². The summed E-state index contributed by atoms with van der Waals surface area (Å²) in [6.45, 7) is 8.66. The van der Waals surface area contributed by atoms with Crippen molar-refractivity contribution in [3.05, 3.63) is 59.2 Å². The smallest absolute Gasteiger partial charge is 0.243 e. The Morgan fingerprint density at radius 3 is 2.64 bits per heavy atom. The van der Waals surface area contributed by atoms with Gasteiger partial charge in [-0.2, -0.15) is 0 Å². The number of aryl methyl sites for hydroxylation is 1. The quantitative estimate of drug-likeness (QED) is 0.762. The molecule has 3 rings (SSSR count). The summed E-state index contributed by atoms with van der Waals surface area (Å²) in [5, 5.41) is 6.07. The highest BCUT2D eigenvalue weighted by Gasteiger charge is 2.21. The second kappa shape index (κ2) is 10.5. The average molecular weight is 405 g/mol. The molecule has 0 saturated carbocycles. The van der Waals surface area contributed by atoms with Gasteiger partial charge in [0.1, 0.15) is 18.4 Å². The highest BCUT2D eigenvalue weighted by Crippen LogP contribution is 2.28. The van der Waals surface area contributed by atoms with Crippen LogP contribution in [0.5, 0.6) is 5.75 Å². The lowest BCUT2D eigenvalue weighted by molar-refractivity contribution is -0.120. The van der Waals surface area contributed by atoms with Crippen molar-refractivity contribution in [1.29, 1.82) is 0 Å². The normalized spacial score (nSPS) is 16.4. The Kier molecular flexibility index (Phi) is 8.30. The van der Waals surface area contributed by atoms with Gasteiger partial charge in [-0.1, -0.05) is 38.1 Å². The summed E-state index contributed by atoms with van der Waals surface area (Å²) < 4.78 is 11.4. The Bertz CT molecular complexity index is 772. The highest BCUT2D eigenvalue weighted by atomic mass is 35.5. The number of halogens is 1. The molecule has 0 radical (unpaired) electrons. The number of morpholine rings is 1. The van der Waals surface area contributed by atoms with Crippen LogP contribution in [0.1, 0.15) is 36.5 Å². The second-order valence-electron chi connectivity index (χ2n) is 7.25. The van der Waals surface area contributed by atoms with Crippen LogP contribution in [0.3, 0.4) is 0 Å². The number of ether oxygens (including phenoxy) is 2. The number of hydrogen-bond donors (Lipinski definition) is 2. The van der Waals surface area contributed by atoms with E-state index in [-0.39, 0.29) is 24.4 Å². The molecule has 1 fully saturated rings. The maximum absolute atomic E-state index is 12.2. The third-order valence-corrected chi connectivity index (χ3v) is 4.65. The van der Waals surface area contributed by atoms with E-state index in [9.17, 15) is 4.79 Å². The molecule has 2 aromatic carbocycles. The maximum Gasteiger partial charge on any atom is 0.243 e. The molecule has 0 aromatic heterocycles. The fourth-order valence-corrected chi connectivity index (χ4v) is 3.05. The van der Waals surface area contributed by atoms with Crippen molar-refractivity contribution in [2.45, 2.75) is 39.3 Å². The first kappa shape index (κ1) is 22.2. The van der Waals surface area contributed by atoms with Crippen molar-refractivity contribution >= 4 is 24.0 Å². The second-order valence-corrected chi connectivity index (χ2v) is 7.25. The monoisotopic (exact) mass is 404 g/mol. The highest BCUT2D eigenvalue weighted by molar-refractivity contribution is 5.95. The zero-order chi connectivity index (χ0) is 19.2. The molecule has 0 bridgehead atoms. The van der Waals surface area contributed by atoms with Gasteiger partial charge in [-0.25, -0.2) is 0 Å². The number of carbonyl (C=O) groups excluding carboxylic acids is 1. The van der Waals surface area contributed by atoms with E-state index in [2.05, 4.69) is 49.6 Å². The molecule has 1 amide bonds. The molecule has 28 heavy (non-hydrogen) atoms. The molecule has 1 heterocycles. The van der Waals surface area contributed by atoms with Crippen LogP contribution in [-0.2, 0) is 16.1 Å². The lowest BCUT2D eigenvalue weighted by Crippen LogP contribution is -2.48. The van der Waals surface area contributed by atoms with Gasteiger partial charge in [0.05, 0.1) is 13.2 Å². The molecule has 0 aliphatic carbocycles. The SMILES string of the molecule is Cc1ccc(C(C)C)c(OCc2ccc(NC(=O)C3COCCN3)cc2)c1.Cl. The Morgan fingerprint density at radius 1 is 1.25 bits per heavy atom. The summed E-state index contributed by atoms with van der Waals surface area (Å²) in [4.78, 5) is 12.2. The van der Waals surface area contributed by atoms with E-state index in [1.807, 2.05) is 24.3 Å². The topological polar surface area (TPSA) is 59.6 Å². The summed E-state index contributed by atoms with van der Waals surface area (Å²) in [7, 11) is 0. The standard InChI is InChI=1S/C22H28N2O3.ClH/c1-15(2)19-9-4-16(3)12-21(19)27-13-17-5-7-18(8-6-17)24-22(25)20-14-26-11-10-23-20;/h4-9,12,15,20,23H,10-11,13-14H2,1-3H3,(H,24,25);1H. The van der Waals surface area contributed by atoms with Crippen molar-refractivity contribution in [3.63, 3.8) is 0 Å². The molecule has 2 N–H and O–H groups in total. The van der Waals surface area contributed by atoms with E-state index in [1.165, 1.54) is 11.1 Å². The first-order chi connectivity index (χ1) is 13.0. The van der Waals surface area contributed by atoms with Crippen LogP contribution in [0.4, 0.5) is 5.69 Å². The van der Waals surface area contributed by atoms with E-state index in [1.54, 1.807) is 0 Å². The first-order valence-electron chi connectivity index (χ1n) is 9.47. The Balaban J connectivity index is 0.00000280. The summed E-state index contributed by atoms with van der Waals surface area (Å²) in [6.07, 6.45) is 0. The van der Waals surface area contributed by atoms with Crippen LogP contribution in [-0.4, -0.2) is 31.7 Å². The molecule has 1 atom stereocenters. The van der Waals surface area contributed by atoms with Gasteiger partial charge in [0, 0.05) is 12.2 Å². The van der Waals surface area contributed by atoms with Crippen LogP contribution < -0.4 is 15.4 Å². The van der Waals surface area contributed by atoms with Gasteiger partial charge >= 0.3 is 0 Å². The fraction of sp³-hybridized carbons (Fsp3) is 0.409. The van der Waals surface area contributed by atoms with Crippen LogP contribution in [0.15, 0.2) is 42.5 Å². The summed E-state index contributed by atoms with van der Waals surface area (Å²) >= 11 is 0. The molecule has 152 valence electrons. The minimum absolute atomic E-state index is 0. The molecule has 6 heteroatoms. The third-order valence-electron chi connectivity index (χ3n) is 4.65. The van der Waals surface area contributed by atoms with Gasteiger partial charge in [0.15, 0.2) is 0 Å². The zero-order valence-electron chi connectivity index (χ0n) is 16.7. The van der Waals surface area contributed by atoms with Crippen molar-refractivity contribution in [2.75, 3.05) is 25.1 Å². The number of hydrogen-bond acceptors (Lipinski definition) is 4. The summed E-state index contributed by atoms with van der Waals surface area (Å²) in [5.74, 6) is 1.28. The Morgan fingerprint density at radius 2 is 2.00 bits per heavy atom. The molecule has 2 aromatic rings. The molecule has 1 saturated heterocycles. The molecule has 1 aliphatic rings. The van der Waals surface area contributed by atoms with Gasteiger partial charge in [-0.05, 0) is 47.7 Å². The number of nitrogens with one attached hydrogen (secondary N) is 2. The number of amides is 1. The first-order valence-corrected chi connectivity index (χ1v) is 9.47. The molecular formula is C22H29ClN2O3.